The van der Waals surface area contributed by atoms with Gasteiger partial charge in [0.1, 0.15) is 5.76 Å². The molecule has 70 heavy (non-hydrogen) atoms. The highest BCUT2D eigenvalue weighted by Gasteiger charge is 2.54. The maximum atomic E-state index is 9.59. The number of hydrogen-bond acceptors (Lipinski definition) is 3. The standard InChI is InChI=1S/C66H79BN2O/c1-59(2)26-28-61(5,6)46-36-42(22-24-44(46)59)68-51-39-49-48(63(9,10)30-31-64(49,11)12)38-50(51)67-55-52(68)34-41(40-20-18-17-19-21-40)35-53(55)69(43-23-25-45-47(37-43)62(7,8)29-27-60(45,3)4)56-54-57(70-58(56)67)66(15,16)33-32-65(54,13)14/h17-25,34-39H,26-33H2,1-16H3/i17D,18D,19D,20D,21D. The predicted octanol–water partition coefficient (Wildman–Crippen LogP) is 16.4. The minimum atomic E-state index is -0.390. The number of nitrogens with zero attached hydrogens (tertiary/aromatic N) is 2. The third-order valence-electron chi connectivity index (χ3n) is 19.5. The molecule has 0 unspecified atom stereocenters. The Hall–Kier alpha value is -4.96. The third-order valence-corrected chi connectivity index (χ3v) is 19.5. The first-order valence-corrected chi connectivity index (χ1v) is 26.7. The molecule has 0 saturated carbocycles. The molecule has 2 aliphatic heterocycles. The Morgan fingerprint density at radius 3 is 1.39 bits per heavy atom. The molecule has 3 heterocycles. The summed E-state index contributed by atoms with van der Waals surface area (Å²) in [5.41, 5.74) is 19.0. The summed E-state index contributed by atoms with van der Waals surface area (Å²) in [6.45, 7) is 38.0. The molecule has 0 fully saturated rings. The van der Waals surface area contributed by atoms with E-state index in [4.69, 9.17) is 8.53 Å². The summed E-state index contributed by atoms with van der Waals surface area (Å²) in [5.74, 6) is 1.05. The Kier molecular flexibility index (Phi) is 8.34. The number of benzene rings is 5. The lowest BCUT2D eigenvalue weighted by Crippen LogP contribution is -2.61. The SMILES string of the molecule is [2H]c1c([2H])c([2H])c(-c2cc3c4c(c2)N(c2ccc5c(c2)C(C)(C)CCC5(C)C)c2c(oc5c2C(C)(C)CCC5(C)C)B4c2cc4c(cc2N3c2ccc3c(c2)C(C)(C)CCC3(C)C)C(C)(C)CCC4(C)C)c([2H])c1[2H]. The molecule has 0 amide bonds. The second-order valence-corrected chi connectivity index (χ2v) is 28.0. The molecule has 362 valence electrons. The summed E-state index contributed by atoms with van der Waals surface area (Å²) in [7, 11) is 0. The highest BCUT2D eigenvalue weighted by molar-refractivity contribution is 6.99. The van der Waals surface area contributed by atoms with E-state index in [2.05, 4.69) is 181 Å². The molecular weight excluding hydrogens is 848 g/mol. The molecule has 5 aromatic carbocycles. The quantitative estimate of drug-likeness (QED) is 0.165. The Labute approximate surface area is 429 Å². The molecule has 4 aliphatic carbocycles. The van der Waals surface area contributed by atoms with Gasteiger partial charge in [-0.15, -0.1) is 0 Å². The van der Waals surface area contributed by atoms with E-state index in [0.717, 1.165) is 102 Å². The normalized spacial score (nSPS) is 23.7. The van der Waals surface area contributed by atoms with Crippen LogP contribution in [0.5, 0.6) is 0 Å². The fraction of sp³-hybridized carbons (Fsp3) is 0.485. The lowest BCUT2D eigenvalue weighted by molar-refractivity contribution is 0.282. The maximum absolute atomic E-state index is 9.59. The summed E-state index contributed by atoms with van der Waals surface area (Å²) >= 11 is 0. The van der Waals surface area contributed by atoms with E-state index in [0.29, 0.717) is 5.56 Å². The van der Waals surface area contributed by atoms with Gasteiger partial charge in [0.25, 0.3) is 6.71 Å². The van der Waals surface area contributed by atoms with Gasteiger partial charge in [0.15, 0.2) is 0 Å². The smallest absolute Gasteiger partial charge is 0.297 e. The minimum absolute atomic E-state index is 0.00673. The van der Waals surface area contributed by atoms with E-state index in [1.165, 1.54) is 44.4 Å². The van der Waals surface area contributed by atoms with E-state index in [9.17, 15) is 2.74 Å². The summed E-state index contributed by atoms with van der Waals surface area (Å²) in [4.78, 5) is 5.00. The number of hydrogen-bond donors (Lipinski definition) is 0. The van der Waals surface area contributed by atoms with Crippen LogP contribution in [0, 0.1) is 0 Å². The molecule has 6 aromatic rings. The zero-order chi connectivity index (χ0) is 54.0. The van der Waals surface area contributed by atoms with Crippen molar-refractivity contribution in [2.24, 2.45) is 0 Å². The molecule has 4 heteroatoms. The Morgan fingerprint density at radius 1 is 0.429 bits per heavy atom. The molecule has 0 N–H and O–H groups in total. The molecule has 3 nitrogen and oxygen atoms in total. The van der Waals surface area contributed by atoms with Crippen LogP contribution in [-0.2, 0) is 43.3 Å². The van der Waals surface area contributed by atoms with Gasteiger partial charge in [-0.2, -0.15) is 0 Å². The van der Waals surface area contributed by atoms with E-state index in [1.54, 1.807) is 0 Å². The zero-order valence-corrected chi connectivity index (χ0v) is 45.3. The first-order chi connectivity index (χ1) is 34.7. The monoisotopic (exact) mass is 932 g/mol. The number of furan rings is 1. The van der Waals surface area contributed by atoms with Crippen LogP contribution in [0.15, 0.2) is 95.3 Å². The van der Waals surface area contributed by atoms with Crippen LogP contribution in [-0.4, -0.2) is 6.71 Å². The maximum Gasteiger partial charge on any atom is 0.297 e. The van der Waals surface area contributed by atoms with Crippen LogP contribution in [0.25, 0.3) is 11.1 Å². The van der Waals surface area contributed by atoms with Gasteiger partial charge < -0.3 is 14.2 Å². The second-order valence-electron chi connectivity index (χ2n) is 28.0. The van der Waals surface area contributed by atoms with Crippen LogP contribution in [0.1, 0.15) is 214 Å². The minimum Gasteiger partial charge on any atom is -0.472 e. The van der Waals surface area contributed by atoms with Crippen molar-refractivity contribution in [3.05, 3.63) is 136 Å². The van der Waals surface area contributed by atoms with Gasteiger partial charge in [0, 0.05) is 39.4 Å². The van der Waals surface area contributed by atoms with Gasteiger partial charge in [-0.05, 0) is 187 Å². The predicted molar refractivity (Wildman–Crippen MR) is 299 cm³/mol. The van der Waals surface area contributed by atoms with Gasteiger partial charge in [0.05, 0.1) is 18.2 Å². The molecule has 0 atom stereocenters. The van der Waals surface area contributed by atoms with Crippen molar-refractivity contribution < 1.29 is 11.3 Å². The van der Waals surface area contributed by atoms with Gasteiger partial charge >= 0.3 is 0 Å². The van der Waals surface area contributed by atoms with Crippen LogP contribution in [0.3, 0.4) is 0 Å². The van der Waals surface area contributed by atoms with Gasteiger partial charge in [-0.25, -0.2) is 0 Å². The largest absolute Gasteiger partial charge is 0.472 e. The number of rotatable bonds is 3. The van der Waals surface area contributed by atoms with Crippen LogP contribution in [0.2, 0.25) is 0 Å². The van der Waals surface area contributed by atoms with E-state index < -0.39 is 0 Å². The van der Waals surface area contributed by atoms with Crippen molar-refractivity contribution in [3.63, 3.8) is 0 Å². The van der Waals surface area contributed by atoms with Crippen molar-refractivity contribution >= 4 is 57.4 Å². The van der Waals surface area contributed by atoms with E-state index in [-0.39, 0.29) is 85.8 Å². The lowest BCUT2D eigenvalue weighted by Gasteiger charge is -2.48. The molecule has 12 rings (SSSR count). The van der Waals surface area contributed by atoms with Crippen LogP contribution < -0.4 is 26.4 Å². The van der Waals surface area contributed by atoms with Gasteiger partial charge in [-0.1, -0.05) is 159 Å². The first-order valence-electron chi connectivity index (χ1n) is 29.2. The number of fused-ring (bicyclic) bond motifs is 9. The average molecular weight is 932 g/mol. The highest BCUT2D eigenvalue weighted by atomic mass is 16.3. The molecule has 6 aliphatic rings. The summed E-state index contributed by atoms with van der Waals surface area (Å²) in [5, 5.41) is 0. The Balaban J connectivity index is 1.28. The summed E-state index contributed by atoms with van der Waals surface area (Å²) in [6, 6.07) is 22.3. The van der Waals surface area contributed by atoms with E-state index >= 15 is 0 Å². The number of anilines is 6. The first kappa shape index (κ1) is 40.6. The highest BCUT2D eigenvalue weighted by Crippen LogP contribution is 2.58. The van der Waals surface area contributed by atoms with Crippen molar-refractivity contribution in [2.45, 2.75) is 205 Å². The molecule has 0 saturated heterocycles. The van der Waals surface area contributed by atoms with Crippen molar-refractivity contribution in [2.75, 3.05) is 9.80 Å². The topological polar surface area (TPSA) is 19.6 Å². The van der Waals surface area contributed by atoms with E-state index in [1.807, 2.05) is 0 Å². The summed E-state index contributed by atoms with van der Waals surface area (Å²) < 4.78 is 53.9. The molecule has 0 radical (unpaired) electrons. The van der Waals surface area contributed by atoms with Crippen molar-refractivity contribution in [1.29, 1.82) is 0 Å². The van der Waals surface area contributed by atoms with Crippen LogP contribution in [0.4, 0.5) is 34.1 Å². The molecule has 1 aromatic heterocycles. The van der Waals surface area contributed by atoms with Gasteiger partial charge in [0.2, 0.25) is 0 Å². The third kappa shape index (κ3) is 6.51. The average Bonchev–Trinajstić information content (AvgIpc) is 3.85. The lowest BCUT2D eigenvalue weighted by atomic mass is 9.35. The fourth-order valence-electron chi connectivity index (χ4n) is 14.4. The van der Waals surface area contributed by atoms with Crippen molar-refractivity contribution in [1.82, 2.24) is 0 Å². The second kappa shape index (κ2) is 14.4. The molecule has 0 spiro atoms. The van der Waals surface area contributed by atoms with Crippen molar-refractivity contribution in [3.8, 4) is 11.1 Å². The zero-order valence-electron chi connectivity index (χ0n) is 50.3. The molecular formula is C66H79BN2O. The Morgan fingerprint density at radius 2 is 0.857 bits per heavy atom. The Bertz CT molecular complexity index is 3470. The van der Waals surface area contributed by atoms with Crippen LogP contribution >= 0.6 is 0 Å². The fourth-order valence-corrected chi connectivity index (χ4v) is 14.4. The summed E-state index contributed by atoms with van der Waals surface area (Å²) in [6.07, 6.45) is 8.52. The molecule has 0 bridgehead atoms. The van der Waals surface area contributed by atoms with Gasteiger partial charge in [-0.3, -0.25) is 0 Å².